The number of carbonyl (C=O) groups is 2. The summed E-state index contributed by atoms with van der Waals surface area (Å²) in [7, 11) is 0. The molecule has 200 valence electrons. The number of ether oxygens (including phenoxy) is 1. The molecule has 0 amide bonds. The Morgan fingerprint density at radius 2 is 0.882 bits per heavy atom. The lowest BCUT2D eigenvalue weighted by atomic mass is 10.1. The molecule has 34 heavy (non-hydrogen) atoms. The molecule has 4 heteroatoms. The van der Waals surface area contributed by atoms with E-state index in [1.165, 1.54) is 96.3 Å². The Balaban J connectivity index is 3.34. The lowest BCUT2D eigenvalue weighted by Crippen LogP contribution is -2.11. The molecule has 0 atom stereocenters. The third-order valence-electron chi connectivity index (χ3n) is 6.46. The zero-order valence-corrected chi connectivity index (χ0v) is 22.6. The fraction of sp³-hybridized carbons (Fsp3) is 0.867. The molecule has 0 aromatic rings. The molecule has 0 saturated carbocycles. The molecule has 0 heterocycles. The number of carbonyl (C=O) groups excluding carboxylic acids is 2. The fourth-order valence-corrected chi connectivity index (χ4v) is 4.22. The lowest BCUT2D eigenvalue weighted by Gasteiger charge is -2.04. The van der Waals surface area contributed by atoms with E-state index in [9.17, 15) is 9.59 Å². The zero-order chi connectivity index (χ0) is 25.0. The van der Waals surface area contributed by atoms with Gasteiger partial charge in [0.25, 0.3) is 0 Å². The van der Waals surface area contributed by atoms with Crippen LogP contribution in [0, 0.1) is 0 Å². The minimum atomic E-state index is -0.348. The SMILES string of the molecule is CCCCCCCC/C=C\CCCCCCCC(=O)OC(=O)CCCCCCCCCCCN. The molecule has 0 aliphatic rings. The van der Waals surface area contributed by atoms with Gasteiger partial charge in [0, 0.05) is 12.8 Å². The smallest absolute Gasteiger partial charge is 0.313 e. The van der Waals surface area contributed by atoms with E-state index in [1.807, 2.05) is 0 Å². The first kappa shape index (κ1) is 32.8. The average Bonchev–Trinajstić information content (AvgIpc) is 2.82. The third-order valence-corrected chi connectivity index (χ3v) is 6.46. The molecule has 0 spiro atoms. The molecule has 0 fully saturated rings. The van der Waals surface area contributed by atoms with Crippen molar-refractivity contribution in [2.45, 2.75) is 161 Å². The van der Waals surface area contributed by atoms with Crippen molar-refractivity contribution in [3.05, 3.63) is 12.2 Å². The van der Waals surface area contributed by atoms with Gasteiger partial charge in [-0.25, -0.2) is 0 Å². The van der Waals surface area contributed by atoms with Crippen molar-refractivity contribution in [1.29, 1.82) is 0 Å². The van der Waals surface area contributed by atoms with Crippen LogP contribution in [0.15, 0.2) is 12.2 Å². The molecule has 0 aromatic heterocycles. The van der Waals surface area contributed by atoms with Crippen molar-refractivity contribution >= 4 is 11.9 Å². The van der Waals surface area contributed by atoms with Crippen LogP contribution in [0.2, 0.25) is 0 Å². The van der Waals surface area contributed by atoms with E-state index in [0.29, 0.717) is 12.8 Å². The van der Waals surface area contributed by atoms with Gasteiger partial charge in [-0.15, -0.1) is 0 Å². The van der Waals surface area contributed by atoms with Crippen LogP contribution in [0.25, 0.3) is 0 Å². The minimum absolute atomic E-state index is 0.347. The summed E-state index contributed by atoms with van der Waals surface area (Å²) in [6.45, 7) is 3.06. The van der Waals surface area contributed by atoms with Crippen molar-refractivity contribution in [3.8, 4) is 0 Å². The van der Waals surface area contributed by atoms with Crippen molar-refractivity contribution in [2.24, 2.45) is 5.73 Å². The highest BCUT2D eigenvalue weighted by Crippen LogP contribution is 2.12. The van der Waals surface area contributed by atoms with E-state index in [-0.39, 0.29) is 11.9 Å². The van der Waals surface area contributed by atoms with E-state index in [1.54, 1.807) is 0 Å². The number of unbranched alkanes of at least 4 members (excludes halogenated alkanes) is 19. The van der Waals surface area contributed by atoms with Crippen molar-refractivity contribution < 1.29 is 14.3 Å². The molecular weight excluding hydrogens is 422 g/mol. The van der Waals surface area contributed by atoms with Gasteiger partial charge in [-0.2, -0.15) is 0 Å². The molecule has 0 bridgehead atoms. The Bertz CT molecular complexity index is 476. The number of nitrogens with two attached hydrogens (primary N) is 1. The van der Waals surface area contributed by atoms with E-state index < -0.39 is 0 Å². The van der Waals surface area contributed by atoms with Crippen molar-refractivity contribution in [3.63, 3.8) is 0 Å². The zero-order valence-electron chi connectivity index (χ0n) is 22.6. The topological polar surface area (TPSA) is 69.4 Å². The summed E-state index contributed by atoms with van der Waals surface area (Å²) in [5.41, 5.74) is 5.49. The highest BCUT2D eigenvalue weighted by Gasteiger charge is 2.09. The van der Waals surface area contributed by atoms with Crippen LogP contribution in [-0.2, 0) is 14.3 Å². The molecule has 0 unspecified atom stereocenters. The number of hydrogen-bond donors (Lipinski definition) is 1. The molecule has 0 rings (SSSR count). The highest BCUT2D eigenvalue weighted by molar-refractivity contribution is 5.85. The normalized spacial score (nSPS) is 11.4. The van der Waals surface area contributed by atoms with Gasteiger partial charge in [-0.05, 0) is 51.5 Å². The standard InChI is InChI=1S/C30H57NO3/c1-2-3-4-5-6-7-8-9-10-11-12-14-17-20-23-26-29(32)34-30(33)27-24-21-18-15-13-16-19-22-25-28-31/h9-10H,2-8,11-28,31H2,1H3/b10-9-. The second kappa shape index (κ2) is 28.1. The number of hydrogen-bond acceptors (Lipinski definition) is 4. The summed E-state index contributed by atoms with van der Waals surface area (Å²) < 4.78 is 4.95. The fourth-order valence-electron chi connectivity index (χ4n) is 4.22. The highest BCUT2D eigenvalue weighted by atomic mass is 16.6. The Labute approximate surface area is 211 Å². The Morgan fingerprint density at radius 1 is 0.529 bits per heavy atom. The quantitative estimate of drug-likeness (QED) is 0.0581. The summed E-state index contributed by atoms with van der Waals surface area (Å²) in [4.78, 5) is 23.6. The lowest BCUT2D eigenvalue weighted by molar-refractivity contribution is -0.159. The largest absolute Gasteiger partial charge is 0.393 e. The third kappa shape index (κ3) is 27.1. The van der Waals surface area contributed by atoms with E-state index in [2.05, 4.69) is 19.1 Å². The first-order valence-corrected chi connectivity index (χ1v) is 14.8. The summed E-state index contributed by atoms with van der Waals surface area (Å²) in [6, 6.07) is 0. The number of rotatable bonds is 26. The van der Waals surface area contributed by atoms with Crippen LogP contribution < -0.4 is 5.73 Å². The van der Waals surface area contributed by atoms with E-state index >= 15 is 0 Å². The van der Waals surface area contributed by atoms with Crippen LogP contribution in [-0.4, -0.2) is 18.5 Å². The molecule has 0 saturated heterocycles. The molecule has 2 N–H and O–H groups in total. The Hall–Kier alpha value is -1.16. The minimum Gasteiger partial charge on any atom is -0.393 e. The van der Waals surface area contributed by atoms with Gasteiger partial charge in [0.05, 0.1) is 0 Å². The Morgan fingerprint density at radius 3 is 1.29 bits per heavy atom. The maximum Gasteiger partial charge on any atom is 0.313 e. The maximum absolute atomic E-state index is 11.8. The van der Waals surface area contributed by atoms with Gasteiger partial charge in [0.2, 0.25) is 0 Å². The van der Waals surface area contributed by atoms with Gasteiger partial charge in [0.15, 0.2) is 0 Å². The predicted molar refractivity (Wildman–Crippen MR) is 146 cm³/mol. The van der Waals surface area contributed by atoms with Crippen LogP contribution in [0.3, 0.4) is 0 Å². The second-order valence-electron chi connectivity index (χ2n) is 9.90. The van der Waals surface area contributed by atoms with Crippen LogP contribution in [0.4, 0.5) is 0 Å². The molecule has 4 nitrogen and oxygen atoms in total. The van der Waals surface area contributed by atoms with Gasteiger partial charge < -0.3 is 10.5 Å². The molecule has 0 aliphatic carbocycles. The van der Waals surface area contributed by atoms with Gasteiger partial charge in [-0.3, -0.25) is 9.59 Å². The van der Waals surface area contributed by atoms with Gasteiger partial charge in [0.1, 0.15) is 0 Å². The number of esters is 2. The summed E-state index contributed by atoms with van der Waals surface area (Å²) in [6.07, 6.45) is 31.9. The Kier molecular flexibility index (Phi) is 27.1. The van der Waals surface area contributed by atoms with E-state index in [0.717, 1.165) is 51.5 Å². The first-order chi connectivity index (χ1) is 16.7. The van der Waals surface area contributed by atoms with Crippen LogP contribution >= 0.6 is 0 Å². The maximum atomic E-state index is 11.8. The summed E-state index contributed by atoms with van der Waals surface area (Å²) in [5.74, 6) is -0.695. The molecule has 0 aromatic carbocycles. The first-order valence-electron chi connectivity index (χ1n) is 14.8. The van der Waals surface area contributed by atoms with Crippen molar-refractivity contribution in [1.82, 2.24) is 0 Å². The van der Waals surface area contributed by atoms with E-state index in [4.69, 9.17) is 10.5 Å². The van der Waals surface area contributed by atoms with Gasteiger partial charge in [-0.1, -0.05) is 115 Å². The van der Waals surface area contributed by atoms with Crippen LogP contribution in [0.5, 0.6) is 0 Å². The monoisotopic (exact) mass is 479 g/mol. The predicted octanol–water partition coefficient (Wildman–Crippen LogP) is 8.95. The molecule has 0 radical (unpaired) electrons. The summed E-state index contributed by atoms with van der Waals surface area (Å²) in [5, 5.41) is 0. The second-order valence-corrected chi connectivity index (χ2v) is 9.90. The molecular formula is C30H57NO3. The molecule has 0 aliphatic heterocycles. The van der Waals surface area contributed by atoms with Crippen molar-refractivity contribution in [2.75, 3.05) is 6.54 Å². The van der Waals surface area contributed by atoms with Gasteiger partial charge >= 0.3 is 11.9 Å². The van der Waals surface area contributed by atoms with Crippen LogP contribution in [0.1, 0.15) is 161 Å². The number of allylic oxidation sites excluding steroid dienone is 2. The summed E-state index contributed by atoms with van der Waals surface area (Å²) >= 11 is 0. The average molecular weight is 480 g/mol.